The Labute approximate surface area is 166 Å². The number of nitrogens with one attached hydrogen (secondary N) is 1. The van der Waals surface area contributed by atoms with Gasteiger partial charge in [0.05, 0.1) is 13.2 Å². The standard InChI is InChI=1S/C23H27N3O2/c1-23-10-11-25(2)20(12-15-8-9-17(28-3)13-18(15)23)21(23)26-14-16-6-4-5-7-19(16)24-22(26)27/h4-9,13,20-21H,10-12,14H2,1-3H3,(H,24,27)/t20-,21+,23-/m1/s1. The predicted molar refractivity (Wildman–Crippen MR) is 110 cm³/mol. The smallest absolute Gasteiger partial charge is 0.322 e. The molecule has 28 heavy (non-hydrogen) atoms. The molecule has 146 valence electrons. The lowest BCUT2D eigenvalue weighted by molar-refractivity contribution is 0.00765. The first kappa shape index (κ1) is 17.6. The average Bonchev–Trinajstić information content (AvgIpc) is 2.70. The molecule has 1 aliphatic carbocycles. The number of likely N-dealkylation sites (N-methyl/N-ethyl adjacent to an activating group) is 1. The number of carbonyl (C=O) groups is 1. The van der Waals surface area contributed by atoms with Crippen molar-refractivity contribution in [2.75, 3.05) is 26.0 Å². The van der Waals surface area contributed by atoms with Crippen LogP contribution in [0.15, 0.2) is 42.5 Å². The van der Waals surface area contributed by atoms with E-state index in [1.807, 2.05) is 18.2 Å². The van der Waals surface area contributed by atoms with Crippen LogP contribution < -0.4 is 10.1 Å². The van der Waals surface area contributed by atoms with Gasteiger partial charge in [-0.25, -0.2) is 4.79 Å². The fraction of sp³-hybridized carbons (Fsp3) is 0.435. The largest absolute Gasteiger partial charge is 0.497 e. The van der Waals surface area contributed by atoms with Crippen LogP contribution in [-0.4, -0.2) is 48.6 Å². The number of nitrogens with zero attached hydrogens (tertiary/aromatic N) is 2. The summed E-state index contributed by atoms with van der Waals surface area (Å²) in [5, 5.41) is 3.12. The molecule has 1 N–H and O–H groups in total. The van der Waals surface area contributed by atoms with Gasteiger partial charge in [-0.3, -0.25) is 0 Å². The van der Waals surface area contributed by atoms with Gasteiger partial charge in [0.15, 0.2) is 0 Å². The van der Waals surface area contributed by atoms with Gasteiger partial charge in [-0.05, 0) is 61.3 Å². The van der Waals surface area contributed by atoms with E-state index in [2.05, 4.69) is 53.4 Å². The van der Waals surface area contributed by atoms with Crippen molar-refractivity contribution in [3.63, 3.8) is 0 Å². The second kappa shape index (κ2) is 6.24. The highest BCUT2D eigenvalue weighted by molar-refractivity contribution is 5.92. The Morgan fingerprint density at radius 2 is 2.00 bits per heavy atom. The molecule has 0 spiro atoms. The Bertz CT molecular complexity index is 943. The molecule has 2 aromatic rings. The maximum Gasteiger partial charge on any atom is 0.322 e. The number of anilines is 1. The number of piperidine rings is 1. The van der Waals surface area contributed by atoms with Gasteiger partial charge in [-0.15, -0.1) is 0 Å². The van der Waals surface area contributed by atoms with E-state index in [0.29, 0.717) is 12.6 Å². The van der Waals surface area contributed by atoms with Crippen LogP contribution in [-0.2, 0) is 18.4 Å². The van der Waals surface area contributed by atoms with Crippen LogP contribution in [0.25, 0.3) is 0 Å². The van der Waals surface area contributed by atoms with Gasteiger partial charge in [0.1, 0.15) is 5.75 Å². The van der Waals surface area contributed by atoms with E-state index in [4.69, 9.17) is 4.74 Å². The van der Waals surface area contributed by atoms with Gasteiger partial charge >= 0.3 is 6.03 Å². The summed E-state index contributed by atoms with van der Waals surface area (Å²) < 4.78 is 5.53. The number of carbonyl (C=O) groups excluding carboxylic acids is 1. The average molecular weight is 377 g/mol. The molecule has 5 heteroatoms. The molecule has 1 saturated heterocycles. The predicted octanol–water partition coefficient (Wildman–Crippen LogP) is 3.63. The zero-order valence-corrected chi connectivity index (χ0v) is 16.7. The zero-order valence-electron chi connectivity index (χ0n) is 16.7. The fourth-order valence-electron chi connectivity index (χ4n) is 5.57. The summed E-state index contributed by atoms with van der Waals surface area (Å²) in [7, 11) is 3.92. The number of hydrogen-bond donors (Lipinski definition) is 1. The first-order valence-electron chi connectivity index (χ1n) is 10.0. The van der Waals surface area contributed by atoms with Gasteiger partial charge in [-0.1, -0.05) is 31.2 Å². The number of hydrogen-bond acceptors (Lipinski definition) is 3. The molecule has 1 fully saturated rings. The lowest BCUT2D eigenvalue weighted by Gasteiger charge is -2.58. The van der Waals surface area contributed by atoms with Crippen molar-refractivity contribution in [1.82, 2.24) is 9.80 Å². The van der Waals surface area contributed by atoms with Gasteiger partial charge in [0.2, 0.25) is 0 Å². The molecule has 5 rings (SSSR count). The number of fused-ring (bicyclic) bond motifs is 5. The number of amides is 2. The van der Waals surface area contributed by atoms with Crippen LogP contribution >= 0.6 is 0 Å². The Morgan fingerprint density at radius 1 is 1.18 bits per heavy atom. The summed E-state index contributed by atoms with van der Waals surface area (Å²) in [6.45, 7) is 4.04. The third-order valence-corrected chi connectivity index (χ3v) is 7.12. The van der Waals surface area contributed by atoms with E-state index >= 15 is 0 Å². The molecule has 0 saturated carbocycles. The van der Waals surface area contributed by atoms with Crippen LogP contribution in [0.5, 0.6) is 5.75 Å². The SMILES string of the molecule is COc1ccc2c(c1)[C@@]1(C)CCN(C)[C@H](C2)[C@@H]1N1Cc2ccccc2NC1=O. The number of methoxy groups -OCH3 is 1. The van der Waals surface area contributed by atoms with Crippen LogP contribution in [0.3, 0.4) is 0 Å². The van der Waals surface area contributed by atoms with Gasteiger partial charge < -0.3 is 19.9 Å². The summed E-state index contributed by atoms with van der Waals surface area (Å²) in [6.07, 6.45) is 1.98. The summed E-state index contributed by atoms with van der Waals surface area (Å²) in [5.74, 6) is 0.893. The summed E-state index contributed by atoms with van der Waals surface area (Å²) in [5.41, 5.74) is 4.75. The number of benzene rings is 2. The van der Waals surface area contributed by atoms with E-state index in [1.54, 1.807) is 7.11 Å². The van der Waals surface area contributed by atoms with E-state index < -0.39 is 0 Å². The van der Waals surface area contributed by atoms with Crippen molar-refractivity contribution >= 4 is 11.7 Å². The number of ether oxygens (including phenoxy) is 1. The quantitative estimate of drug-likeness (QED) is 0.869. The summed E-state index contributed by atoms with van der Waals surface area (Å²) in [6, 6.07) is 15.0. The highest BCUT2D eigenvalue weighted by Crippen LogP contribution is 2.48. The van der Waals surface area contributed by atoms with E-state index in [1.165, 1.54) is 16.7 Å². The Hall–Kier alpha value is -2.53. The summed E-state index contributed by atoms with van der Waals surface area (Å²) in [4.78, 5) is 17.7. The number of para-hydroxylation sites is 1. The molecule has 0 aromatic heterocycles. The van der Waals surface area contributed by atoms with E-state index in [0.717, 1.165) is 30.8 Å². The van der Waals surface area contributed by atoms with Gasteiger partial charge in [0.25, 0.3) is 0 Å². The normalized spacial score (nSPS) is 29.0. The molecule has 2 heterocycles. The third-order valence-electron chi connectivity index (χ3n) is 7.12. The summed E-state index contributed by atoms with van der Waals surface area (Å²) >= 11 is 0. The minimum Gasteiger partial charge on any atom is -0.497 e. The number of urea groups is 1. The van der Waals surface area contributed by atoms with Crippen molar-refractivity contribution < 1.29 is 9.53 Å². The van der Waals surface area contributed by atoms with Crippen LogP contribution in [0.1, 0.15) is 30.0 Å². The van der Waals surface area contributed by atoms with Gasteiger partial charge in [-0.2, -0.15) is 0 Å². The monoisotopic (exact) mass is 377 g/mol. The van der Waals surface area contributed by atoms with Crippen LogP contribution in [0.4, 0.5) is 10.5 Å². The first-order chi connectivity index (χ1) is 13.5. The Balaban J connectivity index is 1.61. The highest BCUT2D eigenvalue weighted by Gasteiger charge is 2.54. The molecule has 0 unspecified atom stereocenters. The molecule has 2 amide bonds. The van der Waals surface area contributed by atoms with E-state index in [9.17, 15) is 4.79 Å². The lowest BCUT2D eigenvalue weighted by Crippen LogP contribution is -2.68. The van der Waals surface area contributed by atoms with Crippen molar-refractivity contribution in [3.8, 4) is 5.75 Å². The Kier molecular flexibility index (Phi) is 3.91. The molecule has 2 bridgehead atoms. The zero-order chi connectivity index (χ0) is 19.5. The molecule has 3 atom stereocenters. The number of rotatable bonds is 2. The molecular weight excluding hydrogens is 350 g/mol. The fourth-order valence-corrected chi connectivity index (χ4v) is 5.57. The first-order valence-corrected chi connectivity index (χ1v) is 10.0. The Morgan fingerprint density at radius 3 is 2.82 bits per heavy atom. The van der Waals surface area contributed by atoms with Crippen LogP contribution in [0.2, 0.25) is 0 Å². The van der Waals surface area contributed by atoms with Crippen molar-refractivity contribution in [3.05, 3.63) is 59.2 Å². The highest BCUT2D eigenvalue weighted by atomic mass is 16.5. The lowest BCUT2D eigenvalue weighted by atomic mass is 9.61. The molecule has 3 aliphatic rings. The number of likely N-dealkylation sites (tertiary alicyclic amines) is 1. The molecule has 5 nitrogen and oxygen atoms in total. The van der Waals surface area contributed by atoms with E-state index in [-0.39, 0.29) is 17.5 Å². The molecule has 2 aromatic carbocycles. The maximum absolute atomic E-state index is 13.1. The molecular formula is C23H27N3O2. The maximum atomic E-state index is 13.1. The topological polar surface area (TPSA) is 44.8 Å². The molecule has 2 aliphatic heterocycles. The minimum absolute atomic E-state index is 0.0153. The second-order valence-corrected chi connectivity index (χ2v) is 8.60. The van der Waals surface area contributed by atoms with Gasteiger partial charge in [0, 0.05) is 23.7 Å². The van der Waals surface area contributed by atoms with Crippen molar-refractivity contribution in [2.24, 2.45) is 0 Å². The van der Waals surface area contributed by atoms with Crippen molar-refractivity contribution in [2.45, 2.75) is 43.8 Å². The third kappa shape index (κ3) is 2.46. The second-order valence-electron chi connectivity index (χ2n) is 8.60. The van der Waals surface area contributed by atoms with Crippen LogP contribution in [0, 0.1) is 0 Å². The minimum atomic E-state index is -0.0943. The molecule has 0 radical (unpaired) electrons. The van der Waals surface area contributed by atoms with Crippen molar-refractivity contribution in [1.29, 1.82) is 0 Å².